The average Bonchev–Trinajstić information content (AvgIpc) is 2.46. The molecule has 1 rings (SSSR count). The lowest BCUT2D eigenvalue weighted by Crippen LogP contribution is -2.26. The lowest BCUT2D eigenvalue weighted by Gasteiger charge is -2.34. The molecule has 0 atom stereocenters. The minimum absolute atomic E-state index is 0.154. The van der Waals surface area contributed by atoms with Gasteiger partial charge in [0.2, 0.25) is 0 Å². The highest BCUT2D eigenvalue weighted by atomic mass is 16.5. The van der Waals surface area contributed by atoms with Crippen LogP contribution >= 0.6 is 0 Å². The summed E-state index contributed by atoms with van der Waals surface area (Å²) >= 11 is 0. The molecule has 122 valence electrons. The molecule has 0 saturated heterocycles. The second-order valence-corrected chi connectivity index (χ2v) is 6.61. The van der Waals surface area contributed by atoms with E-state index in [1.807, 2.05) is 0 Å². The van der Waals surface area contributed by atoms with Crippen LogP contribution in [0.3, 0.4) is 0 Å². The molecule has 1 N–H and O–H groups in total. The minimum atomic E-state index is -0.297. The number of aliphatic hydroxyl groups excluding tert-OH is 1. The zero-order chi connectivity index (χ0) is 15.6. The van der Waals surface area contributed by atoms with Crippen LogP contribution in [0.2, 0.25) is 0 Å². The number of ether oxygens (including phenoxy) is 1. The molecule has 0 bridgehead atoms. The minimum Gasteiger partial charge on any atom is -0.462 e. The first-order valence-electron chi connectivity index (χ1n) is 8.53. The van der Waals surface area contributed by atoms with Crippen LogP contribution in [0.5, 0.6) is 0 Å². The maximum atomic E-state index is 11.5. The second-order valence-electron chi connectivity index (χ2n) is 6.61. The summed E-state index contributed by atoms with van der Waals surface area (Å²) in [4.78, 5) is 11.5. The van der Waals surface area contributed by atoms with Crippen molar-refractivity contribution in [2.24, 2.45) is 5.41 Å². The first-order chi connectivity index (χ1) is 10.1. The van der Waals surface area contributed by atoms with Crippen molar-refractivity contribution in [3.8, 4) is 0 Å². The fourth-order valence-electron chi connectivity index (χ4n) is 3.35. The number of carbonyl (C=O) groups is 1. The standard InChI is InChI=1S/C18H32O3/c1-16(2)17(20)21-15-13-18(12-14-19)10-8-6-4-3-5-7-9-11-18/h19H,1,3-15H2,2H3. The molecule has 0 aromatic carbocycles. The zero-order valence-corrected chi connectivity index (χ0v) is 13.7. The number of rotatable bonds is 6. The molecule has 0 aliphatic heterocycles. The van der Waals surface area contributed by atoms with E-state index in [-0.39, 0.29) is 18.0 Å². The van der Waals surface area contributed by atoms with E-state index in [4.69, 9.17) is 4.74 Å². The van der Waals surface area contributed by atoms with Gasteiger partial charge in [0, 0.05) is 12.2 Å². The SMILES string of the molecule is C=C(C)C(=O)OCCC1(CCO)CCCCCCCCC1. The van der Waals surface area contributed by atoms with Gasteiger partial charge in [0.05, 0.1) is 6.61 Å². The van der Waals surface area contributed by atoms with Gasteiger partial charge in [0.25, 0.3) is 0 Å². The van der Waals surface area contributed by atoms with Crippen molar-refractivity contribution < 1.29 is 14.6 Å². The maximum absolute atomic E-state index is 11.5. The number of esters is 1. The summed E-state index contributed by atoms with van der Waals surface area (Å²) in [6.07, 6.45) is 13.1. The van der Waals surface area contributed by atoms with Gasteiger partial charge in [-0.1, -0.05) is 51.5 Å². The second kappa shape index (κ2) is 9.99. The molecule has 0 amide bonds. The molecule has 1 saturated carbocycles. The van der Waals surface area contributed by atoms with Crippen molar-refractivity contribution in [2.45, 2.75) is 77.6 Å². The van der Waals surface area contributed by atoms with E-state index in [0.717, 1.165) is 25.7 Å². The molecule has 0 unspecified atom stereocenters. The van der Waals surface area contributed by atoms with Crippen molar-refractivity contribution >= 4 is 5.97 Å². The Bertz CT molecular complexity index is 312. The van der Waals surface area contributed by atoms with Crippen LogP contribution in [-0.4, -0.2) is 24.3 Å². The first-order valence-corrected chi connectivity index (χ1v) is 8.53. The van der Waals surface area contributed by atoms with E-state index >= 15 is 0 Å². The van der Waals surface area contributed by atoms with E-state index in [2.05, 4.69) is 6.58 Å². The molecule has 0 aromatic rings. The summed E-state index contributed by atoms with van der Waals surface area (Å²) in [6.45, 7) is 5.97. The zero-order valence-electron chi connectivity index (χ0n) is 13.7. The lowest BCUT2D eigenvalue weighted by molar-refractivity contribution is -0.139. The summed E-state index contributed by atoms with van der Waals surface area (Å²) < 4.78 is 5.29. The average molecular weight is 296 g/mol. The third-order valence-corrected chi connectivity index (χ3v) is 4.77. The number of hydrogen-bond donors (Lipinski definition) is 1. The largest absolute Gasteiger partial charge is 0.462 e. The van der Waals surface area contributed by atoms with Gasteiger partial charge in [-0.05, 0) is 38.0 Å². The topological polar surface area (TPSA) is 46.5 Å². The normalized spacial score (nSPS) is 19.7. The summed E-state index contributed by atoms with van der Waals surface area (Å²) in [7, 11) is 0. The molecule has 3 heteroatoms. The van der Waals surface area contributed by atoms with Crippen LogP contribution in [0.25, 0.3) is 0 Å². The molecule has 1 aliphatic rings. The van der Waals surface area contributed by atoms with Gasteiger partial charge >= 0.3 is 5.97 Å². The Kier molecular flexibility index (Phi) is 8.67. The third kappa shape index (κ3) is 7.12. The van der Waals surface area contributed by atoms with Crippen molar-refractivity contribution in [2.75, 3.05) is 13.2 Å². The van der Waals surface area contributed by atoms with E-state index in [1.165, 1.54) is 44.9 Å². The highest BCUT2D eigenvalue weighted by Crippen LogP contribution is 2.39. The molecule has 3 nitrogen and oxygen atoms in total. The van der Waals surface area contributed by atoms with Gasteiger partial charge in [-0.25, -0.2) is 4.79 Å². The van der Waals surface area contributed by atoms with Gasteiger partial charge in [0.1, 0.15) is 0 Å². The van der Waals surface area contributed by atoms with Gasteiger partial charge in [0.15, 0.2) is 0 Å². The maximum Gasteiger partial charge on any atom is 0.333 e. The molecule has 1 fully saturated rings. The molecule has 0 spiro atoms. The fraction of sp³-hybridized carbons (Fsp3) is 0.833. The van der Waals surface area contributed by atoms with Crippen LogP contribution < -0.4 is 0 Å². The fourth-order valence-corrected chi connectivity index (χ4v) is 3.35. The number of hydrogen-bond acceptors (Lipinski definition) is 3. The molecule has 1 aliphatic carbocycles. The summed E-state index contributed by atoms with van der Waals surface area (Å²) in [5.74, 6) is -0.297. The Morgan fingerprint density at radius 3 is 2.05 bits per heavy atom. The van der Waals surface area contributed by atoms with Gasteiger partial charge in [-0.3, -0.25) is 0 Å². The molecule has 0 aromatic heterocycles. The molecular formula is C18H32O3. The van der Waals surface area contributed by atoms with Crippen LogP contribution in [-0.2, 0) is 9.53 Å². The predicted molar refractivity (Wildman–Crippen MR) is 86.1 cm³/mol. The van der Waals surface area contributed by atoms with Crippen LogP contribution in [0.4, 0.5) is 0 Å². The van der Waals surface area contributed by atoms with E-state index in [1.54, 1.807) is 6.92 Å². The monoisotopic (exact) mass is 296 g/mol. The van der Waals surface area contributed by atoms with Crippen LogP contribution in [0.1, 0.15) is 77.6 Å². The highest BCUT2D eigenvalue weighted by Gasteiger charge is 2.29. The van der Waals surface area contributed by atoms with E-state index in [0.29, 0.717) is 12.2 Å². The molecule has 21 heavy (non-hydrogen) atoms. The Morgan fingerprint density at radius 1 is 1.05 bits per heavy atom. The first kappa shape index (κ1) is 18.2. The Balaban J connectivity index is 2.55. The van der Waals surface area contributed by atoms with Crippen molar-refractivity contribution in [1.82, 2.24) is 0 Å². The van der Waals surface area contributed by atoms with E-state index < -0.39 is 0 Å². The molecule has 0 heterocycles. The highest BCUT2D eigenvalue weighted by molar-refractivity contribution is 5.86. The number of carbonyl (C=O) groups excluding carboxylic acids is 1. The Labute approximate surface area is 129 Å². The van der Waals surface area contributed by atoms with Gasteiger partial charge in [-0.15, -0.1) is 0 Å². The lowest BCUT2D eigenvalue weighted by atomic mass is 9.72. The Morgan fingerprint density at radius 2 is 1.57 bits per heavy atom. The smallest absolute Gasteiger partial charge is 0.333 e. The van der Waals surface area contributed by atoms with Gasteiger partial charge in [-0.2, -0.15) is 0 Å². The van der Waals surface area contributed by atoms with Crippen molar-refractivity contribution in [3.63, 3.8) is 0 Å². The van der Waals surface area contributed by atoms with Crippen molar-refractivity contribution in [1.29, 1.82) is 0 Å². The van der Waals surface area contributed by atoms with Gasteiger partial charge < -0.3 is 9.84 Å². The van der Waals surface area contributed by atoms with E-state index in [9.17, 15) is 9.90 Å². The summed E-state index contributed by atoms with van der Waals surface area (Å²) in [5.41, 5.74) is 0.610. The quantitative estimate of drug-likeness (QED) is 0.584. The summed E-state index contributed by atoms with van der Waals surface area (Å²) in [5, 5.41) is 9.45. The molecule has 0 radical (unpaired) electrons. The summed E-state index contributed by atoms with van der Waals surface area (Å²) in [6, 6.07) is 0. The predicted octanol–water partition coefficient (Wildman–Crippen LogP) is 4.39. The molecular weight excluding hydrogens is 264 g/mol. The Hall–Kier alpha value is -0.830. The van der Waals surface area contributed by atoms with Crippen LogP contribution in [0.15, 0.2) is 12.2 Å². The van der Waals surface area contributed by atoms with Crippen molar-refractivity contribution in [3.05, 3.63) is 12.2 Å². The third-order valence-electron chi connectivity index (χ3n) is 4.77. The number of aliphatic hydroxyl groups is 1. The van der Waals surface area contributed by atoms with Crippen LogP contribution in [0, 0.1) is 5.41 Å².